The average Bonchev–Trinajstić information content (AvgIpc) is 3.25. The molecule has 0 radical (unpaired) electrons. The third-order valence-electron chi connectivity index (χ3n) is 4.30. The molecule has 1 heterocycles. The van der Waals surface area contributed by atoms with Crippen molar-refractivity contribution in [2.75, 3.05) is 34.4 Å². The quantitative estimate of drug-likeness (QED) is 0.438. The van der Waals surface area contributed by atoms with E-state index in [-0.39, 0.29) is 0 Å². The van der Waals surface area contributed by atoms with Gasteiger partial charge in [0.1, 0.15) is 22.8 Å². The monoisotopic (exact) mass is 407 g/mol. The number of aliphatic hydroxyl groups is 1. The maximum Gasteiger partial charge on any atom is 0.191 e. The number of guanidine groups is 1. The highest BCUT2D eigenvalue weighted by atomic mass is 32.1. The normalized spacial score (nSPS) is 13.6. The van der Waals surface area contributed by atoms with E-state index < -0.39 is 5.60 Å². The van der Waals surface area contributed by atoms with Crippen molar-refractivity contribution in [3.63, 3.8) is 0 Å². The van der Waals surface area contributed by atoms with Gasteiger partial charge in [-0.15, -0.1) is 0 Å². The first kappa shape index (κ1) is 21.8. The third-order valence-corrected chi connectivity index (χ3v) is 4.98. The lowest BCUT2D eigenvalue weighted by atomic mass is 9.99. The molecule has 1 aromatic heterocycles. The summed E-state index contributed by atoms with van der Waals surface area (Å²) in [5.74, 6) is 2.53. The zero-order valence-corrected chi connectivity index (χ0v) is 17.9. The molecule has 0 aliphatic rings. The van der Waals surface area contributed by atoms with Crippen molar-refractivity contribution < 1.29 is 19.3 Å². The maximum atomic E-state index is 10.7. The molecule has 0 amide bonds. The standard InChI is InChI=1S/C20H29N3O4S/c1-6-21-19(23-13-20(2,24)14-7-8-28-12-14)22-11-16-17(26-4)9-15(25-3)10-18(16)27-5/h7-10,12,24H,6,11,13H2,1-5H3,(H2,21,22,23). The van der Waals surface area contributed by atoms with Gasteiger partial charge in [0.2, 0.25) is 0 Å². The van der Waals surface area contributed by atoms with E-state index in [1.807, 2.05) is 23.8 Å². The summed E-state index contributed by atoms with van der Waals surface area (Å²) in [6, 6.07) is 5.52. The van der Waals surface area contributed by atoms with Crippen molar-refractivity contribution in [3.05, 3.63) is 40.1 Å². The van der Waals surface area contributed by atoms with Gasteiger partial charge in [0.25, 0.3) is 0 Å². The van der Waals surface area contributed by atoms with E-state index in [1.165, 1.54) is 0 Å². The van der Waals surface area contributed by atoms with Crippen LogP contribution in [-0.4, -0.2) is 45.5 Å². The molecule has 28 heavy (non-hydrogen) atoms. The van der Waals surface area contributed by atoms with Crippen molar-refractivity contribution in [2.45, 2.75) is 26.0 Å². The molecule has 0 aliphatic carbocycles. The smallest absolute Gasteiger partial charge is 0.191 e. The molecule has 0 spiro atoms. The van der Waals surface area contributed by atoms with Crippen LogP contribution in [0.25, 0.3) is 0 Å². The van der Waals surface area contributed by atoms with Crippen LogP contribution in [0.2, 0.25) is 0 Å². The number of ether oxygens (including phenoxy) is 3. The molecule has 2 rings (SSSR count). The van der Waals surface area contributed by atoms with Crippen molar-refractivity contribution in [2.24, 2.45) is 4.99 Å². The number of thiophene rings is 1. The summed E-state index contributed by atoms with van der Waals surface area (Å²) in [6.45, 7) is 5.13. The van der Waals surface area contributed by atoms with Gasteiger partial charge in [-0.1, -0.05) is 0 Å². The minimum absolute atomic E-state index is 0.326. The topological polar surface area (TPSA) is 84.3 Å². The number of rotatable bonds is 9. The number of hydrogen-bond acceptors (Lipinski definition) is 6. The summed E-state index contributed by atoms with van der Waals surface area (Å²) in [4.78, 5) is 4.63. The summed E-state index contributed by atoms with van der Waals surface area (Å²) < 4.78 is 16.2. The molecule has 0 bridgehead atoms. The minimum Gasteiger partial charge on any atom is -0.496 e. The Morgan fingerprint density at radius 3 is 2.32 bits per heavy atom. The summed E-state index contributed by atoms with van der Waals surface area (Å²) in [5, 5.41) is 21.0. The zero-order valence-electron chi connectivity index (χ0n) is 17.0. The number of nitrogens with zero attached hydrogens (tertiary/aromatic N) is 1. The molecule has 0 fully saturated rings. The van der Waals surface area contributed by atoms with E-state index in [0.29, 0.717) is 42.8 Å². The number of nitrogens with one attached hydrogen (secondary N) is 2. The SMILES string of the molecule is CCNC(=NCc1c(OC)cc(OC)cc1OC)NCC(C)(O)c1ccsc1. The van der Waals surface area contributed by atoms with Crippen LogP contribution in [0, 0.1) is 0 Å². The minimum atomic E-state index is -0.994. The van der Waals surface area contributed by atoms with Crippen LogP contribution in [-0.2, 0) is 12.1 Å². The average molecular weight is 408 g/mol. The van der Waals surface area contributed by atoms with Gasteiger partial charge in [0.05, 0.1) is 40.0 Å². The van der Waals surface area contributed by atoms with Crippen LogP contribution in [0.1, 0.15) is 25.0 Å². The van der Waals surface area contributed by atoms with E-state index in [2.05, 4.69) is 15.6 Å². The Labute approximate surface area is 170 Å². The molecule has 1 aromatic carbocycles. The Hall–Kier alpha value is -2.45. The molecule has 1 unspecified atom stereocenters. The second kappa shape index (κ2) is 10.2. The van der Waals surface area contributed by atoms with Crippen molar-refractivity contribution >= 4 is 17.3 Å². The predicted octanol–water partition coefficient (Wildman–Crippen LogP) is 2.74. The number of methoxy groups -OCH3 is 3. The fraction of sp³-hybridized carbons (Fsp3) is 0.450. The molecule has 7 nitrogen and oxygen atoms in total. The molecule has 0 saturated carbocycles. The summed E-state index contributed by atoms with van der Waals surface area (Å²) in [7, 11) is 4.80. The zero-order chi connectivity index (χ0) is 20.6. The molecule has 0 saturated heterocycles. The first-order valence-corrected chi connectivity index (χ1v) is 9.95. The Morgan fingerprint density at radius 2 is 1.82 bits per heavy atom. The number of hydrogen-bond donors (Lipinski definition) is 3. The van der Waals surface area contributed by atoms with Gasteiger partial charge in [-0.2, -0.15) is 11.3 Å². The van der Waals surface area contributed by atoms with Crippen LogP contribution in [0.3, 0.4) is 0 Å². The van der Waals surface area contributed by atoms with Crippen LogP contribution in [0.5, 0.6) is 17.2 Å². The van der Waals surface area contributed by atoms with Crippen LogP contribution in [0.15, 0.2) is 34.0 Å². The highest BCUT2D eigenvalue weighted by Gasteiger charge is 2.23. The lowest BCUT2D eigenvalue weighted by Crippen LogP contribution is -2.44. The van der Waals surface area contributed by atoms with Gasteiger partial charge in [-0.3, -0.25) is 0 Å². The highest BCUT2D eigenvalue weighted by molar-refractivity contribution is 7.08. The second-order valence-electron chi connectivity index (χ2n) is 6.35. The first-order valence-electron chi connectivity index (χ1n) is 9.01. The summed E-state index contributed by atoms with van der Waals surface area (Å²) >= 11 is 1.56. The number of aliphatic imine (C=N–C) groups is 1. The predicted molar refractivity (Wildman–Crippen MR) is 113 cm³/mol. The fourth-order valence-electron chi connectivity index (χ4n) is 2.66. The van der Waals surface area contributed by atoms with Gasteiger partial charge >= 0.3 is 0 Å². The van der Waals surface area contributed by atoms with Gasteiger partial charge in [-0.25, -0.2) is 4.99 Å². The van der Waals surface area contributed by atoms with Gasteiger partial charge < -0.3 is 30.0 Å². The lowest BCUT2D eigenvalue weighted by Gasteiger charge is -2.24. The first-order chi connectivity index (χ1) is 13.4. The third kappa shape index (κ3) is 5.53. The highest BCUT2D eigenvalue weighted by Crippen LogP contribution is 2.34. The van der Waals surface area contributed by atoms with Crippen molar-refractivity contribution in [1.82, 2.24) is 10.6 Å². The number of benzene rings is 1. The van der Waals surface area contributed by atoms with Crippen LogP contribution in [0.4, 0.5) is 0 Å². The van der Waals surface area contributed by atoms with Gasteiger partial charge in [0.15, 0.2) is 5.96 Å². The largest absolute Gasteiger partial charge is 0.496 e. The van der Waals surface area contributed by atoms with E-state index in [9.17, 15) is 5.11 Å². The van der Waals surface area contributed by atoms with Crippen molar-refractivity contribution in [1.29, 1.82) is 0 Å². The molecule has 154 valence electrons. The molecule has 3 N–H and O–H groups in total. The summed E-state index contributed by atoms with van der Waals surface area (Å²) in [6.07, 6.45) is 0. The Balaban J connectivity index is 2.18. The lowest BCUT2D eigenvalue weighted by molar-refractivity contribution is 0.0621. The molecule has 1 atom stereocenters. The van der Waals surface area contributed by atoms with Crippen LogP contribution >= 0.6 is 11.3 Å². The molecule has 0 aliphatic heterocycles. The van der Waals surface area contributed by atoms with E-state index in [1.54, 1.807) is 51.7 Å². The van der Waals surface area contributed by atoms with Crippen molar-refractivity contribution in [3.8, 4) is 17.2 Å². The molecule has 2 aromatic rings. The van der Waals surface area contributed by atoms with E-state index in [4.69, 9.17) is 14.2 Å². The Morgan fingerprint density at radius 1 is 1.14 bits per heavy atom. The maximum absolute atomic E-state index is 10.7. The molecular formula is C20H29N3O4S. The molecule has 8 heteroatoms. The Bertz CT molecular complexity index is 751. The summed E-state index contributed by atoms with van der Waals surface area (Å²) in [5.41, 5.74) is 0.693. The van der Waals surface area contributed by atoms with Gasteiger partial charge in [-0.05, 0) is 36.2 Å². The fourth-order valence-corrected chi connectivity index (χ4v) is 3.45. The second-order valence-corrected chi connectivity index (χ2v) is 7.13. The van der Waals surface area contributed by atoms with E-state index >= 15 is 0 Å². The van der Waals surface area contributed by atoms with Crippen LogP contribution < -0.4 is 24.8 Å². The Kier molecular flexibility index (Phi) is 7.95. The van der Waals surface area contributed by atoms with E-state index in [0.717, 1.165) is 11.1 Å². The molecular weight excluding hydrogens is 378 g/mol. The van der Waals surface area contributed by atoms with Gasteiger partial charge in [0, 0.05) is 18.7 Å².